The van der Waals surface area contributed by atoms with Crippen molar-refractivity contribution in [2.45, 2.75) is 27.2 Å². The molecule has 26 heavy (non-hydrogen) atoms. The summed E-state index contributed by atoms with van der Waals surface area (Å²) in [4.78, 5) is 14.5. The molecular weight excluding hydrogens is 326 g/mol. The smallest absolute Gasteiger partial charge is 0.226 e. The lowest BCUT2D eigenvalue weighted by Gasteiger charge is -2.21. The number of hydrogen-bond donors (Lipinski definition) is 2. The van der Waals surface area contributed by atoms with Gasteiger partial charge in [-0.25, -0.2) is 0 Å². The molecule has 1 amide bonds. The van der Waals surface area contributed by atoms with Crippen molar-refractivity contribution in [3.63, 3.8) is 0 Å². The van der Waals surface area contributed by atoms with Gasteiger partial charge in [-0.15, -0.1) is 0 Å². The van der Waals surface area contributed by atoms with Crippen LogP contribution in [0.15, 0.2) is 42.5 Å². The fourth-order valence-corrected chi connectivity index (χ4v) is 2.83. The molecular formula is C21H29N3O2. The third-order valence-corrected chi connectivity index (χ3v) is 4.31. The minimum atomic E-state index is -0.0406. The molecule has 0 radical (unpaired) electrons. The zero-order valence-corrected chi connectivity index (χ0v) is 16.1. The SMILES string of the molecule is CCN(CC)c1ccc(NCCC(=O)Nc2cc(C)ccc2OC)cc1. The standard InChI is InChI=1S/C21H29N3O2/c1-5-24(6-2)18-10-8-17(9-11-18)22-14-13-21(25)23-19-15-16(3)7-12-20(19)26-4/h7-12,15,22H,5-6,13-14H2,1-4H3,(H,23,25). The van der Waals surface area contributed by atoms with Crippen LogP contribution in [0.3, 0.4) is 0 Å². The average molecular weight is 355 g/mol. The Balaban J connectivity index is 1.84. The number of ether oxygens (including phenoxy) is 1. The number of nitrogens with one attached hydrogen (secondary N) is 2. The van der Waals surface area contributed by atoms with E-state index in [1.165, 1.54) is 5.69 Å². The van der Waals surface area contributed by atoms with Gasteiger partial charge in [-0.1, -0.05) is 6.07 Å². The Bertz CT molecular complexity index is 710. The first-order valence-electron chi connectivity index (χ1n) is 9.10. The third-order valence-electron chi connectivity index (χ3n) is 4.31. The van der Waals surface area contributed by atoms with E-state index >= 15 is 0 Å². The molecule has 0 saturated heterocycles. The topological polar surface area (TPSA) is 53.6 Å². The van der Waals surface area contributed by atoms with Crippen molar-refractivity contribution in [3.8, 4) is 5.75 Å². The number of aryl methyl sites for hydroxylation is 1. The molecule has 0 heterocycles. The van der Waals surface area contributed by atoms with Crippen LogP contribution in [-0.4, -0.2) is 32.7 Å². The predicted octanol–water partition coefficient (Wildman–Crippen LogP) is 4.29. The second kappa shape index (κ2) is 9.70. The Hall–Kier alpha value is -2.69. The van der Waals surface area contributed by atoms with Crippen LogP contribution in [0.2, 0.25) is 0 Å². The molecule has 2 N–H and O–H groups in total. The Morgan fingerprint density at radius 3 is 2.38 bits per heavy atom. The second-order valence-electron chi connectivity index (χ2n) is 6.15. The Morgan fingerprint density at radius 2 is 1.77 bits per heavy atom. The Morgan fingerprint density at radius 1 is 1.08 bits per heavy atom. The number of methoxy groups -OCH3 is 1. The average Bonchev–Trinajstić information content (AvgIpc) is 2.64. The van der Waals surface area contributed by atoms with Crippen LogP contribution >= 0.6 is 0 Å². The van der Waals surface area contributed by atoms with Crippen molar-refractivity contribution in [1.82, 2.24) is 0 Å². The molecule has 2 aromatic rings. The largest absolute Gasteiger partial charge is 0.495 e. The summed E-state index contributed by atoms with van der Waals surface area (Å²) in [7, 11) is 1.60. The van der Waals surface area contributed by atoms with Crippen LogP contribution in [0.25, 0.3) is 0 Å². The third kappa shape index (κ3) is 5.41. The fourth-order valence-electron chi connectivity index (χ4n) is 2.83. The molecule has 0 atom stereocenters. The summed E-state index contributed by atoms with van der Waals surface area (Å²) in [6, 6.07) is 14.0. The van der Waals surface area contributed by atoms with Crippen molar-refractivity contribution in [1.29, 1.82) is 0 Å². The monoisotopic (exact) mass is 355 g/mol. The van der Waals surface area contributed by atoms with E-state index in [-0.39, 0.29) is 5.91 Å². The lowest BCUT2D eigenvalue weighted by molar-refractivity contribution is -0.116. The summed E-state index contributed by atoms with van der Waals surface area (Å²) in [5, 5.41) is 6.21. The van der Waals surface area contributed by atoms with E-state index in [1.807, 2.05) is 25.1 Å². The molecule has 0 spiro atoms. The van der Waals surface area contributed by atoms with Crippen molar-refractivity contribution in [2.75, 3.05) is 42.3 Å². The van der Waals surface area contributed by atoms with Crippen molar-refractivity contribution >= 4 is 23.0 Å². The van der Waals surface area contributed by atoms with Crippen LogP contribution < -0.4 is 20.3 Å². The number of rotatable bonds is 9. The minimum absolute atomic E-state index is 0.0406. The van der Waals surface area contributed by atoms with Gasteiger partial charge in [-0.3, -0.25) is 4.79 Å². The molecule has 0 aliphatic carbocycles. The second-order valence-corrected chi connectivity index (χ2v) is 6.15. The number of anilines is 3. The van der Waals surface area contributed by atoms with E-state index in [1.54, 1.807) is 7.11 Å². The van der Waals surface area contributed by atoms with Crippen molar-refractivity contribution < 1.29 is 9.53 Å². The molecule has 2 rings (SSSR count). The number of carbonyl (C=O) groups is 1. The van der Waals surface area contributed by atoms with Gasteiger partial charge in [-0.2, -0.15) is 0 Å². The number of amides is 1. The molecule has 0 unspecified atom stereocenters. The zero-order chi connectivity index (χ0) is 18.9. The molecule has 0 aromatic heterocycles. The number of hydrogen-bond acceptors (Lipinski definition) is 4. The van der Waals surface area contributed by atoms with E-state index in [0.717, 1.165) is 24.3 Å². The Kier molecular flexibility index (Phi) is 7.33. The van der Waals surface area contributed by atoms with Gasteiger partial charge in [0, 0.05) is 37.4 Å². The molecule has 0 aliphatic rings. The summed E-state index contributed by atoms with van der Waals surface area (Å²) < 4.78 is 5.29. The van der Waals surface area contributed by atoms with Gasteiger partial charge in [0.15, 0.2) is 0 Å². The summed E-state index contributed by atoms with van der Waals surface area (Å²) in [6.45, 7) is 8.84. The summed E-state index contributed by atoms with van der Waals surface area (Å²) in [5.74, 6) is 0.630. The van der Waals surface area contributed by atoms with Gasteiger partial charge >= 0.3 is 0 Å². The first kappa shape index (κ1) is 19.6. The highest BCUT2D eigenvalue weighted by atomic mass is 16.5. The molecule has 0 aliphatic heterocycles. The lowest BCUT2D eigenvalue weighted by Crippen LogP contribution is -2.21. The van der Waals surface area contributed by atoms with Gasteiger partial charge in [0.05, 0.1) is 12.8 Å². The van der Waals surface area contributed by atoms with Gasteiger partial charge < -0.3 is 20.3 Å². The maximum atomic E-state index is 12.2. The molecule has 5 heteroatoms. The summed E-state index contributed by atoms with van der Waals surface area (Å²) in [5.41, 5.74) is 4.01. The highest BCUT2D eigenvalue weighted by molar-refractivity contribution is 5.92. The van der Waals surface area contributed by atoms with Crippen LogP contribution in [-0.2, 0) is 4.79 Å². The van der Waals surface area contributed by atoms with Crippen molar-refractivity contribution in [2.24, 2.45) is 0 Å². The molecule has 140 valence electrons. The highest BCUT2D eigenvalue weighted by Gasteiger charge is 2.08. The number of carbonyl (C=O) groups excluding carboxylic acids is 1. The van der Waals surface area contributed by atoms with Crippen LogP contribution in [0.1, 0.15) is 25.8 Å². The van der Waals surface area contributed by atoms with Gasteiger partial charge in [0.1, 0.15) is 5.75 Å². The Labute approximate surface area is 156 Å². The van der Waals surface area contributed by atoms with E-state index in [4.69, 9.17) is 4.74 Å². The normalized spacial score (nSPS) is 10.3. The number of benzene rings is 2. The fraction of sp³-hybridized carbons (Fsp3) is 0.381. The van der Waals surface area contributed by atoms with Crippen LogP contribution in [0.4, 0.5) is 17.1 Å². The molecule has 5 nitrogen and oxygen atoms in total. The van der Waals surface area contributed by atoms with Gasteiger partial charge in [-0.05, 0) is 62.7 Å². The molecule has 0 saturated carbocycles. The minimum Gasteiger partial charge on any atom is -0.495 e. The van der Waals surface area contributed by atoms with E-state index < -0.39 is 0 Å². The van der Waals surface area contributed by atoms with Gasteiger partial charge in [0.2, 0.25) is 5.91 Å². The van der Waals surface area contributed by atoms with Crippen molar-refractivity contribution in [3.05, 3.63) is 48.0 Å². The van der Waals surface area contributed by atoms with Gasteiger partial charge in [0.25, 0.3) is 0 Å². The van der Waals surface area contributed by atoms with E-state index in [9.17, 15) is 4.79 Å². The maximum Gasteiger partial charge on any atom is 0.226 e. The quantitative estimate of drug-likeness (QED) is 0.704. The first-order valence-corrected chi connectivity index (χ1v) is 9.10. The highest BCUT2D eigenvalue weighted by Crippen LogP contribution is 2.25. The van der Waals surface area contributed by atoms with E-state index in [2.05, 4.69) is 53.6 Å². The summed E-state index contributed by atoms with van der Waals surface area (Å²) in [6.07, 6.45) is 0.384. The van der Waals surface area contributed by atoms with Crippen LogP contribution in [0, 0.1) is 6.92 Å². The molecule has 0 bridgehead atoms. The lowest BCUT2D eigenvalue weighted by atomic mass is 10.2. The predicted molar refractivity (Wildman–Crippen MR) is 109 cm³/mol. The van der Waals surface area contributed by atoms with Crippen LogP contribution in [0.5, 0.6) is 5.75 Å². The zero-order valence-electron chi connectivity index (χ0n) is 16.1. The number of nitrogens with zero attached hydrogens (tertiary/aromatic N) is 1. The first-order chi connectivity index (χ1) is 12.6. The maximum absolute atomic E-state index is 12.2. The molecule has 2 aromatic carbocycles. The van der Waals surface area contributed by atoms with E-state index in [0.29, 0.717) is 24.4 Å². The molecule has 0 fully saturated rings. The summed E-state index contributed by atoms with van der Waals surface area (Å²) >= 11 is 0.